The molecule has 0 fully saturated rings. The van der Waals surface area contributed by atoms with Crippen LogP contribution in [-0.4, -0.2) is 14.8 Å². The molecule has 2 heterocycles. The standard InChI is InChI=1S/C13H10N4O/c1-9-15-16-13(18-9)12-8-10-4-2-3-5-11(10)17(12)7-6-14/h2-5,8H,7H2,1H3. The molecule has 0 aliphatic rings. The van der Waals surface area contributed by atoms with Gasteiger partial charge in [0.2, 0.25) is 5.89 Å². The lowest BCUT2D eigenvalue weighted by Gasteiger charge is -2.02. The van der Waals surface area contributed by atoms with Crippen LogP contribution in [0.4, 0.5) is 0 Å². The molecule has 1 aromatic carbocycles. The summed E-state index contributed by atoms with van der Waals surface area (Å²) >= 11 is 0. The minimum Gasteiger partial charge on any atom is -0.420 e. The van der Waals surface area contributed by atoms with Gasteiger partial charge in [0.25, 0.3) is 5.89 Å². The number of aryl methyl sites for hydroxylation is 1. The van der Waals surface area contributed by atoms with Gasteiger partial charge in [-0.3, -0.25) is 0 Å². The molecule has 5 heteroatoms. The quantitative estimate of drug-likeness (QED) is 0.688. The molecule has 0 radical (unpaired) electrons. The Hall–Kier alpha value is -2.61. The zero-order valence-corrected chi connectivity index (χ0v) is 9.79. The van der Waals surface area contributed by atoms with Crippen LogP contribution in [-0.2, 0) is 6.54 Å². The fourth-order valence-electron chi connectivity index (χ4n) is 2.03. The average Bonchev–Trinajstić information content (AvgIpc) is 2.95. The Balaban J connectivity index is 2.28. The minimum atomic E-state index is 0.254. The number of aromatic nitrogens is 3. The maximum atomic E-state index is 8.94. The van der Waals surface area contributed by atoms with Gasteiger partial charge >= 0.3 is 0 Å². The lowest BCUT2D eigenvalue weighted by atomic mass is 10.2. The lowest BCUT2D eigenvalue weighted by molar-refractivity contribution is 0.528. The van der Waals surface area contributed by atoms with Crippen LogP contribution in [0.15, 0.2) is 34.7 Å². The molecule has 0 saturated heterocycles. The van der Waals surface area contributed by atoms with E-state index in [1.165, 1.54) is 0 Å². The summed E-state index contributed by atoms with van der Waals surface area (Å²) in [5.41, 5.74) is 1.77. The van der Waals surface area contributed by atoms with Gasteiger partial charge in [0.05, 0.1) is 6.07 Å². The second-order valence-corrected chi connectivity index (χ2v) is 3.96. The molecule has 0 amide bonds. The first-order chi connectivity index (χ1) is 8.79. The van der Waals surface area contributed by atoms with Crippen molar-refractivity contribution in [2.45, 2.75) is 13.5 Å². The van der Waals surface area contributed by atoms with Crippen LogP contribution in [0.25, 0.3) is 22.5 Å². The summed E-state index contributed by atoms with van der Waals surface area (Å²) in [5, 5.41) is 17.8. The SMILES string of the molecule is Cc1nnc(-c2cc3ccccc3n2CC#N)o1. The molecule has 0 saturated carbocycles. The highest BCUT2D eigenvalue weighted by Gasteiger charge is 2.14. The highest BCUT2D eigenvalue weighted by molar-refractivity contribution is 5.85. The Morgan fingerprint density at radius 3 is 2.89 bits per heavy atom. The molecule has 0 aliphatic heterocycles. The van der Waals surface area contributed by atoms with Crippen molar-refractivity contribution in [3.05, 3.63) is 36.2 Å². The average molecular weight is 238 g/mol. The monoisotopic (exact) mass is 238 g/mol. The van der Waals surface area contributed by atoms with Gasteiger partial charge in [-0.05, 0) is 12.1 Å². The number of hydrogen-bond donors (Lipinski definition) is 0. The molecule has 0 atom stereocenters. The summed E-state index contributed by atoms with van der Waals surface area (Å²) < 4.78 is 7.31. The van der Waals surface area contributed by atoms with Crippen LogP contribution in [0, 0.1) is 18.3 Å². The topological polar surface area (TPSA) is 67.6 Å². The third-order valence-corrected chi connectivity index (χ3v) is 2.78. The second-order valence-electron chi connectivity index (χ2n) is 3.96. The summed E-state index contributed by atoms with van der Waals surface area (Å²) in [7, 11) is 0. The molecule has 2 aromatic heterocycles. The highest BCUT2D eigenvalue weighted by atomic mass is 16.4. The molecular formula is C13H10N4O. The van der Waals surface area contributed by atoms with Crippen LogP contribution < -0.4 is 0 Å². The van der Waals surface area contributed by atoms with Crippen molar-refractivity contribution < 1.29 is 4.42 Å². The molecule has 0 unspecified atom stereocenters. The van der Waals surface area contributed by atoms with Crippen molar-refractivity contribution >= 4 is 10.9 Å². The van der Waals surface area contributed by atoms with Gasteiger partial charge in [-0.2, -0.15) is 5.26 Å². The number of hydrogen-bond acceptors (Lipinski definition) is 4. The van der Waals surface area contributed by atoms with Gasteiger partial charge in [0.15, 0.2) is 0 Å². The van der Waals surface area contributed by atoms with Crippen molar-refractivity contribution in [3.8, 4) is 17.7 Å². The van der Waals surface area contributed by atoms with Gasteiger partial charge < -0.3 is 8.98 Å². The van der Waals surface area contributed by atoms with Gasteiger partial charge in [0.1, 0.15) is 12.2 Å². The van der Waals surface area contributed by atoms with Crippen molar-refractivity contribution in [2.24, 2.45) is 0 Å². The van der Waals surface area contributed by atoms with Crippen LogP contribution in [0.5, 0.6) is 0 Å². The maximum Gasteiger partial charge on any atom is 0.264 e. The Morgan fingerprint density at radius 1 is 1.33 bits per heavy atom. The van der Waals surface area contributed by atoms with E-state index in [9.17, 15) is 0 Å². The Labute approximate surface area is 103 Å². The molecular weight excluding hydrogens is 228 g/mol. The number of nitrogens with zero attached hydrogens (tertiary/aromatic N) is 4. The molecule has 3 rings (SSSR count). The zero-order valence-electron chi connectivity index (χ0n) is 9.79. The largest absolute Gasteiger partial charge is 0.420 e. The molecule has 0 bridgehead atoms. The smallest absolute Gasteiger partial charge is 0.264 e. The summed E-state index contributed by atoms with van der Waals surface area (Å²) in [6.45, 7) is 2.00. The number of benzene rings is 1. The van der Waals surface area contributed by atoms with E-state index >= 15 is 0 Å². The van der Waals surface area contributed by atoms with Gasteiger partial charge in [0, 0.05) is 17.8 Å². The van der Waals surface area contributed by atoms with Gasteiger partial charge in [-0.15, -0.1) is 10.2 Å². The maximum absolute atomic E-state index is 8.94. The fourth-order valence-corrected chi connectivity index (χ4v) is 2.03. The van der Waals surface area contributed by atoms with Crippen molar-refractivity contribution in [1.82, 2.24) is 14.8 Å². The Morgan fingerprint density at radius 2 is 2.17 bits per heavy atom. The Bertz CT molecular complexity index is 748. The van der Waals surface area contributed by atoms with E-state index in [1.54, 1.807) is 6.92 Å². The summed E-state index contributed by atoms with van der Waals surface area (Å²) in [6.07, 6.45) is 0. The molecule has 0 aliphatic carbocycles. The van der Waals surface area contributed by atoms with E-state index in [2.05, 4.69) is 16.3 Å². The molecule has 18 heavy (non-hydrogen) atoms. The third kappa shape index (κ3) is 1.55. The third-order valence-electron chi connectivity index (χ3n) is 2.78. The molecule has 3 aromatic rings. The normalized spacial score (nSPS) is 10.7. The summed E-state index contributed by atoms with van der Waals surface area (Å²) in [5.74, 6) is 0.956. The van der Waals surface area contributed by atoms with E-state index in [1.807, 2.05) is 34.9 Å². The minimum absolute atomic E-state index is 0.254. The number of fused-ring (bicyclic) bond motifs is 1. The summed E-state index contributed by atoms with van der Waals surface area (Å²) in [4.78, 5) is 0. The van der Waals surface area contributed by atoms with E-state index in [0.717, 1.165) is 16.6 Å². The second kappa shape index (κ2) is 4.00. The highest BCUT2D eigenvalue weighted by Crippen LogP contribution is 2.27. The van der Waals surface area contributed by atoms with Crippen molar-refractivity contribution in [1.29, 1.82) is 5.26 Å². The number of nitriles is 1. The van der Waals surface area contributed by atoms with E-state index in [-0.39, 0.29) is 6.54 Å². The van der Waals surface area contributed by atoms with E-state index in [4.69, 9.17) is 9.68 Å². The molecule has 0 spiro atoms. The lowest BCUT2D eigenvalue weighted by Crippen LogP contribution is -1.97. The zero-order chi connectivity index (χ0) is 12.5. The first-order valence-electron chi connectivity index (χ1n) is 5.55. The van der Waals surface area contributed by atoms with Crippen molar-refractivity contribution in [3.63, 3.8) is 0 Å². The first kappa shape index (κ1) is 10.5. The predicted octanol–water partition coefficient (Wildman–Crippen LogP) is 2.52. The van der Waals surface area contributed by atoms with Crippen LogP contribution >= 0.6 is 0 Å². The molecule has 5 nitrogen and oxygen atoms in total. The van der Waals surface area contributed by atoms with Gasteiger partial charge in [-0.1, -0.05) is 18.2 Å². The van der Waals surface area contributed by atoms with Crippen LogP contribution in [0.2, 0.25) is 0 Å². The molecule has 88 valence electrons. The van der Waals surface area contributed by atoms with E-state index in [0.29, 0.717) is 11.8 Å². The number of para-hydroxylation sites is 1. The van der Waals surface area contributed by atoms with E-state index < -0.39 is 0 Å². The van der Waals surface area contributed by atoms with Crippen LogP contribution in [0.1, 0.15) is 5.89 Å². The van der Waals surface area contributed by atoms with Gasteiger partial charge in [-0.25, -0.2) is 0 Å². The number of rotatable bonds is 2. The summed E-state index contributed by atoms with van der Waals surface area (Å²) in [6, 6.07) is 12.0. The first-order valence-corrected chi connectivity index (χ1v) is 5.55. The fraction of sp³-hybridized carbons (Fsp3) is 0.154. The predicted molar refractivity (Wildman–Crippen MR) is 65.6 cm³/mol. The Kier molecular flexibility index (Phi) is 2.34. The van der Waals surface area contributed by atoms with Crippen molar-refractivity contribution in [2.75, 3.05) is 0 Å². The van der Waals surface area contributed by atoms with Crippen LogP contribution in [0.3, 0.4) is 0 Å². The molecule has 0 N–H and O–H groups in total.